The lowest BCUT2D eigenvalue weighted by Gasteiger charge is -2.58. The van der Waals surface area contributed by atoms with Gasteiger partial charge in [-0.3, -0.25) is 0 Å². The minimum Gasteiger partial charge on any atom is -0.349 e. The molecule has 4 fully saturated rings. The summed E-state index contributed by atoms with van der Waals surface area (Å²) in [6, 6.07) is 0. The molecule has 2 nitrogen and oxygen atoms in total. The van der Waals surface area contributed by atoms with Gasteiger partial charge in [0.2, 0.25) is 0 Å². The molecule has 5 rings (SSSR count). The summed E-state index contributed by atoms with van der Waals surface area (Å²) < 4.78 is 11.8. The molecule has 4 aliphatic carbocycles. The monoisotopic (exact) mass is 330 g/mol. The van der Waals surface area contributed by atoms with Crippen molar-refractivity contribution in [3.05, 3.63) is 11.6 Å². The van der Waals surface area contributed by atoms with E-state index in [1.165, 1.54) is 44.9 Å². The smallest absolute Gasteiger partial charge is 0.147 e. The van der Waals surface area contributed by atoms with Crippen LogP contribution >= 0.6 is 0 Å². The Morgan fingerprint density at radius 3 is 2.75 bits per heavy atom. The molecular formula is C22H34O2. The summed E-state index contributed by atoms with van der Waals surface area (Å²) in [7, 11) is 0. The van der Waals surface area contributed by atoms with Crippen molar-refractivity contribution in [2.45, 2.75) is 84.3 Å². The minimum absolute atomic E-state index is 0.339. The fourth-order valence-corrected chi connectivity index (χ4v) is 7.98. The van der Waals surface area contributed by atoms with Gasteiger partial charge < -0.3 is 9.47 Å². The third kappa shape index (κ3) is 1.96. The molecule has 0 aromatic rings. The number of hydrogen-bond acceptors (Lipinski definition) is 2. The zero-order chi connectivity index (χ0) is 16.5. The Balaban J connectivity index is 1.47. The topological polar surface area (TPSA) is 18.5 Å². The first kappa shape index (κ1) is 15.9. The summed E-state index contributed by atoms with van der Waals surface area (Å²) in [4.78, 5) is 0. The van der Waals surface area contributed by atoms with Crippen molar-refractivity contribution in [3.63, 3.8) is 0 Å². The van der Waals surface area contributed by atoms with Crippen LogP contribution < -0.4 is 0 Å². The van der Waals surface area contributed by atoms with E-state index in [-0.39, 0.29) is 0 Å². The van der Waals surface area contributed by atoms with Gasteiger partial charge in [0.15, 0.2) is 0 Å². The molecular weight excluding hydrogens is 296 g/mol. The van der Waals surface area contributed by atoms with Crippen molar-refractivity contribution >= 4 is 0 Å². The lowest BCUT2D eigenvalue weighted by atomic mass is 9.47. The van der Waals surface area contributed by atoms with E-state index < -0.39 is 0 Å². The SMILES string of the molecule is CC[C@H]1CC[C@H]2[C@@H]3CC=C4CC5OCOC5C[C@]4(C)[C@H]3CC[C@]12C. The van der Waals surface area contributed by atoms with Crippen LogP contribution in [0.3, 0.4) is 0 Å². The van der Waals surface area contributed by atoms with Crippen LogP contribution in [0, 0.1) is 34.5 Å². The van der Waals surface area contributed by atoms with Crippen molar-refractivity contribution < 1.29 is 9.47 Å². The average Bonchev–Trinajstić information content (AvgIpc) is 3.14. The molecule has 0 N–H and O–H groups in total. The van der Waals surface area contributed by atoms with Crippen LogP contribution in [0.5, 0.6) is 0 Å². The van der Waals surface area contributed by atoms with E-state index in [1.54, 1.807) is 5.57 Å². The molecule has 134 valence electrons. The van der Waals surface area contributed by atoms with E-state index in [4.69, 9.17) is 9.47 Å². The highest BCUT2D eigenvalue weighted by Gasteiger charge is 2.59. The highest BCUT2D eigenvalue weighted by molar-refractivity contribution is 5.27. The van der Waals surface area contributed by atoms with E-state index in [2.05, 4.69) is 26.8 Å². The maximum Gasteiger partial charge on any atom is 0.147 e. The summed E-state index contributed by atoms with van der Waals surface area (Å²) in [5.41, 5.74) is 2.72. The zero-order valence-corrected chi connectivity index (χ0v) is 15.7. The summed E-state index contributed by atoms with van der Waals surface area (Å²) in [5.74, 6) is 3.75. The summed E-state index contributed by atoms with van der Waals surface area (Å²) >= 11 is 0. The van der Waals surface area contributed by atoms with Gasteiger partial charge in [-0.1, -0.05) is 38.8 Å². The Hall–Kier alpha value is -0.340. The summed E-state index contributed by atoms with van der Waals surface area (Å²) in [6.07, 6.45) is 14.3. The maximum absolute atomic E-state index is 5.94. The molecule has 24 heavy (non-hydrogen) atoms. The number of ether oxygens (including phenoxy) is 2. The second kappa shape index (κ2) is 5.33. The predicted molar refractivity (Wildman–Crippen MR) is 95.5 cm³/mol. The Kier molecular flexibility index (Phi) is 3.53. The van der Waals surface area contributed by atoms with Gasteiger partial charge in [0.25, 0.3) is 0 Å². The molecule has 3 saturated carbocycles. The number of fused-ring (bicyclic) bond motifs is 6. The first-order valence-corrected chi connectivity index (χ1v) is 10.5. The number of rotatable bonds is 1. The first-order chi connectivity index (χ1) is 11.6. The molecule has 0 aromatic carbocycles. The molecule has 2 unspecified atom stereocenters. The van der Waals surface area contributed by atoms with Crippen LogP contribution in [0.1, 0.15) is 72.1 Å². The van der Waals surface area contributed by atoms with Crippen molar-refractivity contribution in [3.8, 4) is 0 Å². The van der Waals surface area contributed by atoms with Gasteiger partial charge in [-0.25, -0.2) is 0 Å². The second-order valence-electron chi connectivity index (χ2n) is 9.92. The quantitative estimate of drug-likeness (QED) is 0.605. The summed E-state index contributed by atoms with van der Waals surface area (Å²) in [5, 5.41) is 0. The fraction of sp³-hybridized carbons (Fsp3) is 0.909. The summed E-state index contributed by atoms with van der Waals surface area (Å²) in [6.45, 7) is 8.15. The van der Waals surface area contributed by atoms with Crippen molar-refractivity contribution in [1.82, 2.24) is 0 Å². The Morgan fingerprint density at radius 1 is 1.08 bits per heavy atom. The molecule has 2 heteroatoms. The molecule has 0 aromatic heterocycles. The average molecular weight is 331 g/mol. The fourth-order valence-electron chi connectivity index (χ4n) is 7.98. The lowest BCUT2D eigenvalue weighted by molar-refractivity contribution is -0.0612. The third-order valence-electron chi connectivity index (χ3n) is 9.34. The van der Waals surface area contributed by atoms with Gasteiger partial charge in [0.1, 0.15) is 6.79 Å². The third-order valence-corrected chi connectivity index (χ3v) is 9.34. The molecule has 5 aliphatic rings. The van der Waals surface area contributed by atoms with Crippen LogP contribution in [0.25, 0.3) is 0 Å². The molecule has 1 heterocycles. The largest absolute Gasteiger partial charge is 0.349 e. The molecule has 8 atom stereocenters. The zero-order valence-electron chi connectivity index (χ0n) is 15.7. The second-order valence-corrected chi connectivity index (χ2v) is 9.92. The van der Waals surface area contributed by atoms with Crippen LogP contribution in [0.2, 0.25) is 0 Å². The lowest BCUT2D eigenvalue weighted by Crippen LogP contribution is -2.52. The van der Waals surface area contributed by atoms with Crippen molar-refractivity contribution in [2.75, 3.05) is 6.79 Å². The molecule has 0 amide bonds. The van der Waals surface area contributed by atoms with Gasteiger partial charge in [0.05, 0.1) is 12.2 Å². The van der Waals surface area contributed by atoms with Gasteiger partial charge in [-0.05, 0) is 79.4 Å². The van der Waals surface area contributed by atoms with Crippen LogP contribution in [0.4, 0.5) is 0 Å². The molecule has 1 saturated heterocycles. The van der Waals surface area contributed by atoms with Crippen LogP contribution in [0.15, 0.2) is 11.6 Å². The highest BCUT2D eigenvalue weighted by Crippen LogP contribution is 2.66. The standard InChI is InChI=1S/C22H34O2/c1-4-14-6-8-17-16-7-5-15-11-19-20(24-13-23-19)12-22(15,3)18(16)9-10-21(14,17)2/h5,14,16-20H,4,6-13H2,1-3H3/t14-,16-,17-,18-,19?,20?,21+,22-/m0/s1. The molecule has 0 spiro atoms. The Labute approximate surface area is 147 Å². The minimum atomic E-state index is 0.339. The number of hydrogen-bond donors (Lipinski definition) is 0. The van der Waals surface area contributed by atoms with Crippen LogP contribution in [-0.2, 0) is 9.47 Å². The molecule has 1 aliphatic heterocycles. The Morgan fingerprint density at radius 2 is 1.92 bits per heavy atom. The van der Waals surface area contributed by atoms with E-state index in [0.29, 0.717) is 29.8 Å². The molecule has 0 radical (unpaired) electrons. The van der Waals surface area contributed by atoms with Crippen molar-refractivity contribution in [1.29, 1.82) is 0 Å². The maximum atomic E-state index is 5.94. The van der Waals surface area contributed by atoms with Gasteiger partial charge >= 0.3 is 0 Å². The van der Waals surface area contributed by atoms with Gasteiger partial charge in [-0.15, -0.1) is 0 Å². The number of allylic oxidation sites excluding steroid dienone is 1. The van der Waals surface area contributed by atoms with E-state index in [1.807, 2.05) is 0 Å². The van der Waals surface area contributed by atoms with Crippen molar-refractivity contribution in [2.24, 2.45) is 34.5 Å². The van der Waals surface area contributed by atoms with E-state index in [0.717, 1.165) is 30.1 Å². The normalized spacial score (nSPS) is 56.0. The Bertz CT molecular complexity index is 554. The van der Waals surface area contributed by atoms with Gasteiger partial charge in [-0.2, -0.15) is 0 Å². The van der Waals surface area contributed by atoms with E-state index >= 15 is 0 Å². The first-order valence-electron chi connectivity index (χ1n) is 10.5. The van der Waals surface area contributed by atoms with E-state index in [9.17, 15) is 0 Å². The molecule has 0 bridgehead atoms. The highest BCUT2D eigenvalue weighted by atomic mass is 16.7. The van der Waals surface area contributed by atoms with Crippen LogP contribution in [-0.4, -0.2) is 19.0 Å². The predicted octanol–water partition coefficient (Wildman–Crippen LogP) is 5.33. The van der Waals surface area contributed by atoms with Gasteiger partial charge in [0, 0.05) is 0 Å².